The molecule has 1 aromatic heterocycles. The first-order chi connectivity index (χ1) is 11.3. The van der Waals surface area contributed by atoms with Crippen LogP contribution < -0.4 is 14.8 Å². The topological polar surface area (TPSA) is 43.4 Å². The van der Waals surface area contributed by atoms with Gasteiger partial charge in [-0.3, -0.25) is 0 Å². The highest BCUT2D eigenvalue weighted by atomic mass is 16.6. The fourth-order valence-electron chi connectivity index (χ4n) is 2.83. The molecule has 4 nitrogen and oxygen atoms in total. The summed E-state index contributed by atoms with van der Waals surface area (Å²) < 4.78 is 11.2. The van der Waals surface area contributed by atoms with Crippen LogP contribution in [0.4, 0.5) is 5.82 Å². The Morgan fingerprint density at radius 1 is 1.00 bits per heavy atom. The van der Waals surface area contributed by atoms with Crippen LogP contribution in [0.25, 0.3) is 10.9 Å². The molecular weight excluding hydrogens is 288 g/mol. The molecule has 0 amide bonds. The minimum Gasteiger partial charge on any atom is -0.486 e. The molecule has 0 aliphatic carbocycles. The zero-order valence-electron chi connectivity index (χ0n) is 13.0. The third-order valence-corrected chi connectivity index (χ3v) is 4.00. The van der Waals surface area contributed by atoms with Crippen molar-refractivity contribution >= 4 is 16.7 Å². The molecule has 2 heterocycles. The molecule has 23 heavy (non-hydrogen) atoms. The minimum absolute atomic E-state index is 0.606. The number of nitrogens with zero attached hydrogens (tertiary/aromatic N) is 1. The Labute approximate surface area is 135 Å². The summed E-state index contributed by atoms with van der Waals surface area (Å²) in [5, 5.41) is 4.59. The van der Waals surface area contributed by atoms with Crippen molar-refractivity contribution in [2.45, 2.75) is 13.5 Å². The van der Waals surface area contributed by atoms with Crippen molar-refractivity contribution in [3.63, 3.8) is 0 Å². The zero-order valence-corrected chi connectivity index (χ0v) is 13.0. The molecule has 0 atom stereocenters. The molecule has 0 bridgehead atoms. The minimum atomic E-state index is 0.606. The van der Waals surface area contributed by atoms with Gasteiger partial charge in [-0.2, -0.15) is 0 Å². The standard InChI is InChI=1S/C19H18N2O2/c1-13-10-19(21-16-5-3-2-4-15(13)16)20-12-14-6-7-17-18(11-14)23-9-8-22-17/h2-7,10-11H,8-9,12H2,1H3,(H,20,21). The lowest BCUT2D eigenvalue weighted by Gasteiger charge is -2.19. The number of ether oxygens (including phenoxy) is 2. The Balaban J connectivity index is 1.55. The SMILES string of the molecule is Cc1cc(NCc2ccc3c(c2)OCCO3)nc2ccccc12. The van der Waals surface area contributed by atoms with E-state index >= 15 is 0 Å². The average molecular weight is 306 g/mol. The van der Waals surface area contributed by atoms with Crippen molar-refractivity contribution in [1.29, 1.82) is 0 Å². The van der Waals surface area contributed by atoms with Crippen molar-refractivity contribution in [3.8, 4) is 11.5 Å². The normalized spacial score (nSPS) is 13.1. The molecule has 4 rings (SSSR count). The van der Waals surface area contributed by atoms with Gasteiger partial charge in [0.25, 0.3) is 0 Å². The summed E-state index contributed by atoms with van der Waals surface area (Å²) in [5.74, 6) is 2.52. The van der Waals surface area contributed by atoms with E-state index in [2.05, 4.69) is 35.4 Å². The van der Waals surface area contributed by atoms with Gasteiger partial charge < -0.3 is 14.8 Å². The van der Waals surface area contributed by atoms with Gasteiger partial charge in [-0.25, -0.2) is 4.98 Å². The second-order valence-electron chi connectivity index (χ2n) is 5.67. The van der Waals surface area contributed by atoms with Crippen LogP contribution in [-0.4, -0.2) is 18.2 Å². The van der Waals surface area contributed by atoms with Crippen LogP contribution in [0.3, 0.4) is 0 Å². The van der Waals surface area contributed by atoms with Gasteiger partial charge in [0, 0.05) is 11.9 Å². The van der Waals surface area contributed by atoms with Gasteiger partial charge >= 0.3 is 0 Å². The maximum Gasteiger partial charge on any atom is 0.161 e. The van der Waals surface area contributed by atoms with Crippen LogP contribution in [0, 0.1) is 6.92 Å². The second-order valence-corrected chi connectivity index (χ2v) is 5.67. The first-order valence-electron chi connectivity index (χ1n) is 7.78. The van der Waals surface area contributed by atoms with Crippen molar-refractivity contribution in [2.24, 2.45) is 0 Å². The van der Waals surface area contributed by atoms with Crippen LogP contribution >= 0.6 is 0 Å². The number of para-hydroxylation sites is 1. The molecule has 116 valence electrons. The van der Waals surface area contributed by atoms with E-state index < -0.39 is 0 Å². The lowest BCUT2D eigenvalue weighted by atomic mass is 10.1. The summed E-state index contributed by atoms with van der Waals surface area (Å²) in [4.78, 5) is 4.67. The van der Waals surface area contributed by atoms with Gasteiger partial charge in [0.05, 0.1) is 5.52 Å². The lowest BCUT2D eigenvalue weighted by Crippen LogP contribution is -2.15. The number of anilines is 1. The molecule has 1 aliphatic rings. The van der Waals surface area contributed by atoms with Crippen LogP contribution in [0.15, 0.2) is 48.5 Å². The number of benzene rings is 2. The van der Waals surface area contributed by atoms with Crippen LogP contribution in [0.1, 0.15) is 11.1 Å². The van der Waals surface area contributed by atoms with Gasteiger partial charge in [0.2, 0.25) is 0 Å². The summed E-state index contributed by atoms with van der Waals surface area (Å²) in [7, 11) is 0. The number of aromatic nitrogens is 1. The quantitative estimate of drug-likeness (QED) is 0.796. The Bertz CT molecular complexity index is 861. The van der Waals surface area contributed by atoms with E-state index in [0.717, 1.165) is 28.4 Å². The van der Waals surface area contributed by atoms with E-state index in [9.17, 15) is 0 Å². The third-order valence-electron chi connectivity index (χ3n) is 4.00. The number of hydrogen-bond acceptors (Lipinski definition) is 4. The van der Waals surface area contributed by atoms with Gasteiger partial charge in [0.1, 0.15) is 19.0 Å². The van der Waals surface area contributed by atoms with Crippen molar-refractivity contribution in [2.75, 3.05) is 18.5 Å². The van der Waals surface area contributed by atoms with Crippen LogP contribution in [-0.2, 0) is 6.54 Å². The molecule has 2 aromatic carbocycles. The first kappa shape index (κ1) is 13.9. The van der Waals surface area contributed by atoms with E-state index in [1.807, 2.05) is 30.3 Å². The highest BCUT2D eigenvalue weighted by Gasteiger charge is 2.11. The predicted molar refractivity (Wildman–Crippen MR) is 91.2 cm³/mol. The van der Waals surface area contributed by atoms with Crippen LogP contribution in [0.2, 0.25) is 0 Å². The Morgan fingerprint density at radius 2 is 1.83 bits per heavy atom. The monoisotopic (exact) mass is 306 g/mol. The van der Waals surface area contributed by atoms with E-state index in [1.54, 1.807) is 0 Å². The highest BCUT2D eigenvalue weighted by Crippen LogP contribution is 2.31. The molecule has 0 saturated carbocycles. The first-order valence-corrected chi connectivity index (χ1v) is 7.78. The second kappa shape index (κ2) is 5.80. The molecule has 0 fully saturated rings. The number of hydrogen-bond donors (Lipinski definition) is 1. The maximum absolute atomic E-state index is 5.62. The molecule has 0 radical (unpaired) electrons. The molecule has 0 spiro atoms. The number of aryl methyl sites for hydroxylation is 1. The smallest absolute Gasteiger partial charge is 0.161 e. The fraction of sp³-hybridized carbons (Fsp3) is 0.211. The number of fused-ring (bicyclic) bond motifs is 2. The average Bonchev–Trinajstić information content (AvgIpc) is 2.60. The van der Waals surface area contributed by atoms with E-state index in [1.165, 1.54) is 10.9 Å². The number of nitrogens with one attached hydrogen (secondary N) is 1. The lowest BCUT2D eigenvalue weighted by molar-refractivity contribution is 0.171. The van der Waals surface area contributed by atoms with Crippen molar-refractivity contribution < 1.29 is 9.47 Å². The van der Waals surface area contributed by atoms with Crippen molar-refractivity contribution in [1.82, 2.24) is 4.98 Å². The number of pyridine rings is 1. The summed E-state index contributed by atoms with van der Waals surface area (Å²) >= 11 is 0. The summed E-state index contributed by atoms with van der Waals surface area (Å²) in [6.45, 7) is 4.03. The highest BCUT2D eigenvalue weighted by molar-refractivity contribution is 5.83. The molecular formula is C19H18N2O2. The van der Waals surface area contributed by atoms with Gasteiger partial charge in [-0.15, -0.1) is 0 Å². The largest absolute Gasteiger partial charge is 0.486 e. The third kappa shape index (κ3) is 2.80. The van der Waals surface area contributed by atoms with Gasteiger partial charge in [0.15, 0.2) is 11.5 Å². The molecule has 1 aliphatic heterocycles. The summed E-state index contributed by atoms with van der Waals surface area (Å²) in [6.07, 6.45) is 0. The number of rotatable bonds is 3. The van der Waals surface area contributed by atoms with Gasteiger partial charge in [-0.05, 0) is 42.3 Å². The molecule has 0 unspecified atom stereocenters. The van der Waals surface area contributed by atoms with Crippen LogP contribution in [0.5, 0.6) is 11.5 Å². The van der Waals surface area contributed by atoms with Crippen molar-refractivity contribution in [3.05, 3.63) is 59.7 Å². The Morgan fingerprint density at radius 3 is 2.74 bits per heavy atom. The fourth-order valence-corrected chi connectivity index (χ4v) is 2.83. The molecule has 1 N–H and O–H groups in total. The van der Waals surface area contributed by atoms with E-state index in [4.69, 9.17) is 9.47 Å². The predicted octanol–water partition coefficient (Wildman–Crippen LogP) is 3.93. The summed E-state index contributed by atoms with van der Waals surface area (Å²) in [6, 6.07) is 16.3. The summed E-state index contributed by atoms with van der Waals surface area (Å²) in [5.41, 5.74) is 3.37. The van der Waals surface area contributed by atoms with Gasteiger partial charge in [-0.1, -0.05) is 24.3 Å². The van der Waals surface area contributed by atoms with E-state index in [0.29, 0.717) is 19.8 Å². The Hall–Kier alpha value is -2.75. The molecule has 4 heteroatoms. The maximum atomic E-state index is 5.62. The zero-order chi connectivity index (χ0) is 15.6. The molecule has 0 saturated heterocycles. The Kier molecular flexibility index (Phi) is 3.50. The van der Waals surface area contributed by atoms with E-state index in [-0.39, 0.29) is 0 Å². The molecule has 3 aromatic rings.